The summed E-state index contributed by atoms with van der Waals surface area (Å²) in [4.78, 5) is 39.2. The fraction of sp³-hybridized carbons (Fsp3) is 0.400. The number of halogens is 1. The molecule has 4 rings (SSSR count). The predicted octanol–water partition coefficient (Wildman–Crippen LogP) is 2.33. The molecular formula is C25H28FN3O6S. The number of nitrogens with one attached hydrogen (secondary N) is 2. The first-order chi connectivity index (χ1) is 17.4. The van der Waals surface area contributed by atoms with Crippen molar-refractivity contribution in [3.8, 4) is 11.5 Å². The van der Waals surface area contributed by atoms with Crippen LogP contribution in [-0.4, -0.2) is 57.7 Å². The second-order valence-electron chi connectivity index (χ2n) is 8.77. The molecule has 2 aliphatic rings. The highest BCUT2D eigenvalue weighted by molar-refractivity contribution is 7.86. The maximum absolute atomic E-state index is 13.3. The van der Waals surface area contributed by atoms with E-state index in [1.807, 2.05) is 0 Å². The van der Waals surface area contributed by atoms with E-state index >= 15 is 0 Å². The Morgan fingerprint density at radius 3 is 2.44 bits per heavy atom. The van der Waals surface area contributed by atoms with E-state index in [1.165, 1.54) is 29.2 Å². The van der Waals surface area contributed by atoms with E-state index in [-0.39, 0.29) is 31.8 Å². The van der Waals surface area contributed by atoms with Crippen LogP contribution < -0.4 is 20.1 Å². The number of carbonyl (C=O) groups is 3. The molecule has 1 fully saturated rings. The number of amides is 3. The smallest absolute Gasteiger partial charge is 0.239 e. The summed E-state index contributed by atoms with van der Waals surface area (Å²) >= 11 is 0. The molecule has 1 atom stereocenters. The van der Waals surface area contributed by atoms with Gasteiger partial charge in [0.05, 0.1) is 6.54 Å². The zero-order valence-corrected chi connectivity index (χ0v) is 20.5. The molecule has 2 N–H and O–H groups in total. The van der Waals surface area contributed by atoms with Crippen LogP contribution >= 0.6 is 0 Å². The van der Waals surface area contributed by atoms with Crippen molar-refractivity contribution in [2.24, 2.45) is 0 Å². The van der Waals surface area contributed by atoms with E-state index in [9.17, 15) is 23.0 Å². The molecule has 0 unspecified atom stereocenters. The monoisotopic (exact) mass is 517 g/mol. The second-order valence-corrected chi connectivity index (χ2v) is 10.2. The zero-order chi connectivity index (χ0) is 25.5. The second kappa shape index (κ2) is 12.0. The molecule has 1 aliphatic carbocycles. The number of hydrogen-bond acceptors (Lipinski definition) is 6. The molecular weight excluding hydrogens is 489 g/mol. The van der Waals surface area contributed by atoms with Crippen LogP contribution in [0.3, 0.4) is 0 Å². The summed E-state index contributed by atoms with van der Waals surface area (Å²) in [6.07, 6.45) is 3.91. The SMILES string of the molecule is O=C(C[S@](=O)CC(=O)N(CC(=O)NC1CCCC1)Cc1ccc(F)cc1)Nc1ccc2c(c1)OCO2. The summed E-state index contributed by atoms with van der Waals surface area (Å²) in [5, 5.41) is 5.57. The van der Waals surface area contributed by atoms with Crippen LogP contribution in [0.1, 0.15) is 31.2 Å². The quantitative estimate of drug-likeness (QED) is 0.500. The molecule has 1 heterocycles. The van der Waals surface area contributed by atoms with Gasteiger partial charge in [0, 0.05) is 35.1 Å². The van der Waals surface area contributed by atoms with Gasteiger partial charge >= 0.3 is 0 Å². The van der Waals surface area contributed by atoms with Crippen LogP contribution in [0.5, 0.6) is 11.5 Å². The number of carbonyl (C=O) groups excluding carboxylic acids is 3. The van der Waals surface area contributed by atoms with Gasteiger partial charge in [-0.25, -0.2) is 4.39 Å². The first-order valence-corrected chi connectivity index (χ1v) is 13.2. The topological polar surface area (TPSA) is 114 Å². The molecule has 2 aromatic rings. The van der Waals surface area contributed by atoms with Crippen molar-refractivity contribution in [3.05, 3.63) is 53.8 Å². The molecule has 192 valence electrons. The van der Waals surface area contributed by atoms with E-state index in [1.54, 1.807) is 18.2 Å². The van der Waals surface area contributed by atoms with Gasteiger partial charge in [-0.05, 0) is 42.7 Å². The maximum atomic E-state index is 13.3. The molecule has 1 aliphatic heterocycles. The van der Waals surface area contributed by atoms with Crippen LogP contribution in [0, 0.1) is 5.82 Å². The highest BCUT2D eigenvalue weighted by Crippen LogP contribution is 2.34. The van der Waals surface area contributed by atoms with Crippen molar-refractivity contribution in [1.82, 2.24) is 10.2 Å². The van der Waals surface area contributed by atoms with E-state index in [2.05, 4.69) is 10.6 Å². The third-order valence-electron chi connectivity index (χ3n) is 5.93. The molecule has 1 saturated carbocycles. The lowest BCUT2D eigenvalue weighted by Gasteiger charge is -2.23. The van der Waals surface area contributed by atoms with Gasteiger partial charge in [0.2, 0.25) is 24.5 Å². The summed E-state index contributed by atoms with van der Waals surface area (Å²) in [5.74, 6) is -1.52. The number of anilines is 1. The Labute approximate surface area is 210 Å². The Morgan fingerprint density at radius 1 is 0.972 bits per heavy atom. The van der Waals surface area contributed by atoms with Crippen molar-refractivity contribution >= 4 is 34.2 Å². The van der Waals surface area contributed by atoms with Crippen LogP contribution in [0.2, 0.25) is 0 Å². The van der Waals surface area contributed by atoms with E-state index in [4.69, 9.17) is 9.47 Å². The van der Waals surface area contributed by atoms with Gasteiger partial charge in [-0.3, -0.25) is 18.6 Å². The molecule has 36 heavy (non-hydrogen) atoms. The molecule has 9 nitrogen and oxygen atoms in total. The normalized spacial score (nSPS) is 15.4. The highest BCUT2D eigenvalue weighted by atomic mass is 32.2. The standard InChI is InChI=1S/C25H28FN3O6S/c26-18-7-5-17(6-8-18)12-29(13-23(30)27-19-3-1-2-4-19)25(32)15-36(33)14-24(31)28-20-9-10-21-22(11-20)35-16-34-21/h5-11,19H,1-4,12-16H2,(H,27,30)(H,28,31)/t36-/m0/s1. The van der Waals surface area contributed by atoms with Gasteiger partial charge in [0.15, 0.2) is 11.5 Å². The number of rotatable bonds is 10. The van der Waals surface area contributed by atoms with Gasteiger partial charge in [-0.15, -0.1) is 0 Å². The first kappa shape index (κ1) is 25.6. The number of fused-ring (bicyclic) bond motifs is 1. The minimum Gasteiger partial charge on any atom is -0.454 e. The van der Waals surface area contributed by atoms with Gasteiger partial charge in [0.25, 0.3) is 0 Å². The van der Waals surface area contributed by atoms with Crippen molar-refractivity contribution in [1.29, 1.82) is 0 Å². The Bertz CT molecular complexity index is 1140. The van der Waals surface area contributed by atoms with Crippen molar-refractivity contribution in [2.45, 2.75) is 38.3 Å². The van der Waals surface area contributed by atoms with Crippen molar-refractivity contribution in [3.63, 3.8) is 0 Å². The number of ether oxygens (including phenoxy) is 2. The predicted molar refractivity (Wildman–Crippen MR) is 131 cm³/mol. The minimum absolute atomic E-state index is 0.0534. The molecule has 2 aromatic carbocycles. The average Bonchev–Trinajstić information content (AvgIpc) is 3.51. The number of benzene rings is 2. The van der Waals surface area contributed by atoms with E-state index in [0.717, 1.165) is 25.7 Å². The lowest BCUT2D eigenvalue weighted by atomic mass is 10.2. The van der Waals surface area contributed by atoms with Crippen molar-refractivity contribution < 1.29 is 32.5 Å². The molecule has 3 amide bonds. The van der Waals surface area contributed by atoms with Crippen LogP contribution in [0.25, 0.3) is 0 Å². The van der Waals surface area contributed by atoms with Crippen molar-refractivity contribution in [2.75, 3.05) is 30.2 Å². The van der Waals surface area contributed by atoms with Gasteiger partial charge in [0.1, 0.15) is 17.3 Å². The molecule has 0 bridgehead atoms. The summed E-state index contributed by atoms with van der Waals surface area (Å²) < 4.78 is 36.4. The lowest BCUT2D eigenvalue weighted by molar-refractivity contribution is -0.134. The third-order valence-corrected chi connectivity index (χ3v) is 7.08. The Balaban J connectivity index is 1.33. The maximum Gasteiger partial charge on any atom is 0.239 e. The largest absolute Gasteiger partial charge is 0.454 e. The first-order valence-electron chi connectivity index (χ1n) is 11.7. The van der Waals surface area contributed by atoms with Crippen LogP contribution in [0.15, 0.2) is 42.5 Å². The summed E-state index contributed by atoms with van der Waals surface area (Å²) in [5.41, 5.74) is 1.08. The molecule has 0 saturated heterocycles. The van der Waals surface area contributed by atoms with E-state index in [0.29, 0.717) is 22.7 Å². The van der Waals surface area contributed by atoms with Crippen LogP contribution in [-0.2, 0) is 31.7 Å². The fourth-order valence-corrected chi connectivity index (χ4v) is 5.08. The highest BCUT2D eigenvalue weighted by Gasteiger charge is 2.24. The van der Waals surface area contributed by atoms with Gasteiger partial charge in [-0.1, -0.05) is 25.0 Å². The van der Waals surface area contributed by atoms with Gasteiger partial charge in [-0.2, -0.15) is 0 Å². The molecule has 0 spiro atoms. The van der Waals surface area contributed by atoms with Crippen LogP contribution in [0.4, 0.5) is 10.1 Å². The number of hydrogen-bond donors (Lipinski definition) is 2. The minimum atomic E-state index is -1.80. The van der Waals surface area contributed by atoms with E-state index < -0.39 is 39.9 Å². The lowest BCUT2D eigenvalue weighted by Crippen LogP contribution is -2.44. The molecule has 0 aromatic heterocycles. The van der Waals surface area contributed by atoms with Gasteiger partial charge < -0.3 is 25.0 Å². The molecule has 0 radical (unpaired) electrons. The fourth-order valence-electron chi connectivity index (χ4n) is 4.16. The Kier molecular flexibility index (Phi) is 8.52. The average molecular weight is 518 g/mol. The Hall–Kier alpha value is -3.47. The zero-order valence-electron chi connectivity index (χ0n) is 19.7. The Morgan fingerprint density at radius 2 is 1.69 bits per heavy atom. The summed E-state index contributed by atoms with van der Waals surface area (Å²) in [7, 11) is -1.80. The summed E-state index contributed by atoms with van der Waals surface area (Å²) in [6, 6.07) is 10.6. The summed E-state index contributed by atoms with van der Waals surface area (Å²) in [6.45, 7) is -0.0585. The third kappa shape index (κ3) is 7.27. The number of nitrogens with zero attached hydrogens (tertiary/aromatic N) is 1. The molecule has 11 heteroatoms.